The van der Waals surface area contributed by atoms with Crippen LogP contribution in [0.4, 0.5) is 8.78 Å². The lowest BCUT2D eigenvalue weighted by Gasteiger charge is -2.10. The van der Waals surface area contributed by atoms with Crippen LogP contribution >= 0.6 is 34.2 Å². The van der Waals surface area contributed by atoms with Gasteiger partial charge in [0.25, 0.3) is 6.43 Å². The highest BCUT2D eigenvalue weighted by Gasteiger charge is 2.22. The summed E-state index contributed by atoms with van der Waals surface area (Å²) in [5.41, 5.74) is -0.134. The fourth-order valence-corrected chi connectivity index (χ4v) is 2.04. The van der Waals surface area contributed by atoms with Gasteiger partial charge in [0, 0.05) is 0 Å². The van der Waals surface area contributed by atoms with Crippen LogP contribution in [0.15, 0.2) is 6.07 Å². The highest BCUT2D eigenvalue weighted by Crippen LogP contribution is 2.27. The van der Waals surface area contributed by atoms with E-state index in [0.29, 0.717) is 0 Å². The number of alkyl halides is 3. The minimum absolute atomic E-state index is 0.0386. The van der Waals surface area contributed by atoms with Crippen molar-refractivity contribution in [2.24, 2.45) is 0 Å². The lowest BCUT2D eigenvalue weighted by Crippen LogP contribution is -2.11. The number of halogens is 4. The number of nitrogens with zero attached hydrogens (tertiary/aromatic N) is 1. The number of carbonyl (C=O) groups is 1. The molecular formula is C10H9ClF2INO2. The molecule has 0 atom stereocenters. The number of rotatable bonds is 4. The van der Waals surface area contributed by atoms with Crippen LogP contribution in [0.1, 0.15) is 35.1 Å². The third-order valence-electron chi connectivity index (χ3n) is 1.88. The summed E-state index contributed by atoms with van der Waals surface area (Å²) >= 11 is 7.21. The molecule has 0 spiro atoms. The van der Waals surface area contributed by atoms with Crippen molar-refractivity contribution in [3.05, 3.63) is 26.6 Å². The van der Waals surface area contributed by atoms with Gasteiger partial charge in [0.15, 0.2) is 0 Å². The number of aromatic nitrogens is 1. The van der Waals surface area contributed by atoms with E-state index in [0.717, 1.165) is 0 Å². The largest absolute Gasteiger partial charge is 0.462 e. The zero-order valence-electron chi connectivity index (χ0n) is 8.84. The number of esters is 1. The smallest absolute Gasteiger partial charge is 0.339 e. The molecule has 0 N–H and O–H groups in total. The van der Waals surface area contributed by atoms with E-state index in [1.54, 1.807) is 29.5 Å². The Balaban J connectivity index is 3.28. The Kier molecular flexibility index (Phi) is 5.51. The van der Waals surface area contributed by atoms with Crippen LogP contribution in [-0.4, -0.2) is 17.6 Å². The zero-order chi connectivity index (χ0) is 13.0. The molecule has 7 heteroatoms. The van der Waals surface area contributed by atoms with Gasteiger partial charge in [-0.15, -0.1) is 11.6 Å². The predicted molar refractivity (Wildman–Crippen MR) is 67.4 cm³/mol. The highest BCUT2D eigenvalue weighted by atomic mass is 127. The Bertz CT molecular complexity index is 429. The van der Waals surface area contributed by atoms with Crippen LogP contribution < -0.4 is 0 Å². The Morgan fingerprint density at radius 1 is 1.65 bits per heavy atom. The second-order valence-corrected chi connectivity index (χ2v) is 4.36. The molecule has 0 amide bonds. The van der Waals surface area contributed by atoms with Crippen molar-refractivity contribution in [3.8, 4) is 0 Å². The van der Waals surface area contributed by atoms with Gasteiger partial charge in [0.2, 0.25) is 0 Å². The number of hydrogen-bond donors (Lipinski definition) is 0. The number of pyridine rings is 1. The van der Waals surface area contributed by atoms with E-state index in [-0.39, 0.29) is 27.3 Å². The predicted octanol–water partition coefficient (Wildman–Crippen LogP) is 3.54. The summed E-state index contributed by atoms with van der Waals surface area (Å²) in [6.45, 7) is 1.82. The third-order valence-corrected chi connectivity index (χ3v) is 3.28. The molecule has 17 heavy (non-hydrogen) atoms. The van der Waals surface area contributed by atoms with Gasteiger partial charge in [-0.1, -0.05) is 0 Å². The van der Waals surface area contributed by atoms with E-state index in [2.05, 4.69) is 4.98 Å². The fourth-order valence-electron chi connectivity index (χ4n) is 1.17. The molecule has 0 radical (unpaired) electrons. The van der Waals surface area contributed by atoms with Gasteiger partial charge in [0.1, 0.15) is 5.69 Å². The van der Waals surface area contributed by atoms with E-state index < -0.39 is 18.1 Å². The zero-order valence-corrected chi connectivity index (χ0v) is 11.8. The van der Waals surface area contributed by atoms with Crippen LogP contribution in [0, 0.1) is 3.57 Å². The molecule has 0 fully saturated rings. The third kappa shape index (κ3) is 3.48. The Morgan fingerprint density at radius 3 is 2.76 bits per heavy atom. The topological polar surface area (TPSA) is 39.2 Å². The first-order chi connectivity index (χ1) is 8.01. The molecule has 0 saturated heterocycles. The average Bonchev–Trinajstić information content (AvgIpc) is 2.29. The van der Waals surface area contributed by atoms with Crippen LogP contribution in [0.25, 0.3) is 0 Å². The van der Waals surface area contributed by atoms with Gasteiger partial charge in [-0.25, -0.2) is 18.6 Å². The molecule has 0 aliphatic rings. The summed E-state index contributed by atoms with van der Waals surface area (Å²) in [4.78, 5) is 15.3. The van der Waals surface area contributed by atoms with Crippen molar-refractivity contribution in [3.63, 3.8) is 0 Å². The maximum absolute atomic E-state index is 12.7. The lowest BCUT2D eigenvalue weighted by atomic mass is 10.2. The van der Waals surface area contributed by atoms with Crippen LogP contribution in [-0.2, 0) is 10.6 Å². The Morgan fingerprint density at radius 2 is 2.29 bits per heavy atom. The minimum atomic E-state index is -2.75. The quantitative estimate of drug-likeness (QED) is 0.459. The van der Waals surface area contributed by atoms with Crippen molar-refractivity contribution >= 4 is 40.2 Å². The van der Waals surface area contributed by atoms with Crippen molar-refractivity contribution < 1.29 is 18.3 Å². The van der Waals surface area contributed by atoms with Gasteiger partial charge in [0.05, 0.1) is 27.3 Å². The lowest BCUT2D eigenvalue weighted by molar-refractivity contribution is 0.0524. The first kappa shape index (κ1) is 14.6. The maximum atomic E-state index is 12.7. The van der Waals surface area contributed by atoms with E-state index in [1.807, 2.05) is 0 Å². The van der Waals surface area contributed by atoms with E-state index >= 15 is 0 Å². The van der Waals surface area contributed by atoms with Crippen molar-refractivity contribution in [2.75, 3.05) is 6.61 Å². The van der Waals surface area contributed by atoms with Crippen LogP contribution in [0.3, 0.4) is 0 Å². The van der Waals surface area contributed by atoms with E-state index in [4.69, 9.17) is 16.3 Å². The summed E-state index contributed by atoms with van der Waals surface area (Å²) < 4.78 is 30.3. The molecule has 0 aliphatic carbocycles. The van der Waals surface area contributed by atoms with Gasteiger partial charge in [-0.05, 0) is 35.6 Å². The summed E-state index contributed by atoms with van der Waals surface area (Å²) in [7, 11) is 0. The van der Waals surface area contributed by atoms with Gasteiger partial charge in [-0.2, -0.15) is 0 Å². The summed E-state index contributed by atoms with van der Waals surface area (Å²) in [5, 5.41) is 0. The minimum Gasteiger partial charge on any atom is -0.462 e. The summed E-state index contributed by atoms with van der Waals surface area (Å²) in [5.74, 6) is -0.684. The van der Waals surface area contributed by atoms with E-state index in [9.17, 15) is 13.6 Å². The Hall–Kier alpha value is -0.500. The van der Waals surface area contributed by atoms with Gasteiger partial charge < -0.3 is 4.74 Å². The van der Waals surface area contributed by atoms with Gasteiger partial charge in [-0.3, -0.25) is 0 Å². The average molecular weight is 376 g/mol. The molecule has 0 bridgehead atoms. The molecule has 94 valence electrons. The molecule has 0 aromatic carbocycles. The summed E-state index contributed by atoms with van der Waals surface area (Å²) in [6, 6.07) is 1.37. The standard InChI is InChI=1S/C10H9ClF2INO2/c1-2-17-10(16)6-3-5(4-11)15-8(7(6)14)9(12)13/h3,9H,2,4H2,1H3. The molecule has 0 unspecified atom stereocenters. The second-order valence-electron chi connectivity index (χ2n) is 3.02. The molecule has 0 saturated carbocycles. The van der Waals surface area contributed by atoms with Crippen LogP contribution in [0.5, 0.6) is 0 Å². The fraction of sp³-hybridized carbons (Fsp3) is 0.400. The molecule has 1 rings (SSSR count). The molecule has 1 aromatic rings. The Labute approximate surface area is 116 Å². The normalized spacial score (nSPS) is 10.7. The van der Waals surface area contributed by atoms with Crippen molar-refractivity contribution in [2.45, 2.75) is 19.2 Å². The molecule has 3 nitrogen and oxygen atoms in total. The highest BCUT2D eigenvalue weighted by molar-refractivity contribution is 14.1. The first-order valence-electron chi connectivity index (χ1n) is 4.71. The summed E-state index contributed by atoms with van der Waals surface area (Å²) in [6.07, 6.45) is -2.75. The van der Waals surface area contributed by atoms with Crippen LogP contribution in [0.2, 0.25) is 0 Å². The molecule has 0 aliphatic heterocycles. The van der Waals surface area contributed by atoms with Gasteiger partial charge >= 0.3 is 5.97 Å². The molecular weight excluding hydrogens is 366 g/mol. The first-order valence-corrected chi connectivity index (χ1v) is 6.33. The van der Waals surface area contributed by atoms with Crippen molar-refractivity contribution in [1.82, 2.24) is 4.98 Å². The monoisotopic (exact) mass is 375 g/mol. The number of ether oxygens (including phenoxy) is 1. The second kappa shape index (κ2) is 6.44. The maximum Gasteiger partial charge on any atom is 0.339 e. The van der Waals surface area contributed by atoms with Crippen molar-refractivity contribution in [1.29, 1.82) is 0 Å². The molecule has 1 aromatic heterocycles. The molecule has 1 heterocycles. The SMILES string of the molecule is CCOC(=O)c1cc(CCl)nc(C(F)F)c1I. The number of hydrogen-bond acceptors (Lipinski definition) is 3. The number of carbonyl (C=O) groups excluding carboxylic acids is 1. The van der Waals surface area contributed by atoms with E-state index in [1.165, 1.54) is 6.07 Å².